The fourth-order valence-corrected chi connectivity index (χ4v) is 2.38. The number of carbonyl (C=O) groups is 1. The normalized spacial score (nSPS) is 19.7. The molecule has 1 atom stereocenters. The molecule has 0 radical (unpaired) electrons. The number of nitrogens with zero attached hydrogens (tertiary/aromatic N) is 1. The van der Waals surface area contributed by atoms with Crippen LogP contribution in [-0.4, -0.2) is 31.1 Å². The minimum Gasteiger partial charge on any atom is -0.463 e. The van der Waals surface area contributed by atoms with E-state index in [1.54, 1.807) is 6.07 Å². The molecule has 4 heteroatoms. The topological polar surface area (TPSA) is 42.7 Å². The van der Waals surface area contributed by atoms with E-state index in [0.717, 1.165) is 24.8 Å². The van der Waals surface area contributed by atoms with Gasteiger partial charge in [-0.2, -0.15) is 0 Å². The summed E-state index contributed by atoms with van der Waals surface area (Å²) in [5.74, 6) is 1.52. The lowest BCUT2D eigenvalue weighted by Crippen LogP contribution is -2.34. The summed E-state index contributed by atoms with van der Waals surface area (Å²) in [4.78, 5) is 13.7. The number of hydrogen-bond donors (Lipinski definition) is 0. The molecule has 0 spiro atoms. The van der Waals surface area contributed by atoms with E-state index in [4.69, 9.17) is 4.42 Å². The van der Waals surface area contributed by atoms with E-state index in [-0.39, 0.29) is 11.8 Å². The summed E-state index contributed by atoms with van der Waals surface area (Å²) >= 11 is 0. The highest BCUT2D eigenvalue weighted by atomic mass is 16.5. The van der Waals surface area contributed by atoms with Crippen molar-refractivity contribution in [2.45, 2.75) is 32.7 Å². The zero-order valence-electron chi connectivity index (χ0n) is 11.3. The summed E-state index contributed by atoms with van der Waals surface area (Å²) in [6.07, 6.45) is 2.46. The molecular formula is C14H21NO3. The molecule has 0 N–H and O–H groups in total. The number of ether oxygens (including phenoxy) is 1. The molecule has 0 aliphatic carbocycles. The third-order valence-corrected chi connectivity index (χ3v) is 3.79. The monoisotopic (exact) mass is 251 g/mol. The van der Waals surface area contributed by atoms with Gasteiger partial charge in [-0.05, 0) is 50.9 Å². The molecule has 4 nitrogen and oxygen atoms in total. The highest BCUT2D eigenvalue weighted by molar-refractivity contribution is 5.86. The Hall–Kier alpha value is -1.29. The zero-order valence-corrected chi connectivity index (χ0v) is 11.3. The van der Waals surface area contributed by atoms with Crippen LogP contribution in [0.4, 0.5) is 0 Å². The first kappa shape index (κ1) is 13.1. The molecular weight excluding hydrogens is 230 g/mol. The Kier molecular flexibility index (Phi) is 4.07. The van der Waals surface area contributed by atoms with Crippen LogP contribution in [0.25, 0.3) is 0 Å². The van der Waals surface area contributed by atoms with Crippen molar-refractivity contribution < 1.29 is 13.9 Å². The summed E-state index contributed by atoms with van der Waals surface area (Å²) in [5.41, 5.74) is 0. The number of furan rings is 1. The van der Waals surface area contributed by atoms with Gasteiger partial charge in [0, 0.05) is 0 Å². The van der Waals surface area contributed by atoms with E-state index in [2.05, 4.69) is 23.5 Å². The van der Waals surface area contributed by atoms with Gasteiger partial charge in [0.25, 0.3) is 0 Å². The Morgan fingerprint density at radius 2 is 2.11 bits per heavy atom. The number of piperidine rings is 1. The van der Waals surface area contributed by atoms with Crippen molar-refractivity contribution >= 4 is 5.97 Å². The predicted molar refractivity (Wildman–Crippen MR) is 68.4 cm³/mol. The first-order valence-electron chi connectivity index (χ1n) is 6.54. The smallest absolute Gasteiger partial charge is 0.373 e. The Labute approximate surface area is 108 Å². The minimum absolute atomic E-state index is 0.218. The average Bonchev–Trinajstić information content (AvgIpc) is 2.87. The van der Waals surface area contributed by atoms with Gasteiger partial charge < -0.3 is 9.15 Å². The highest BCUT2D eigenvalue weighted by Crippen LogP contribution is 2.27. The van der Waals surface area contributed by atoms with Gasteiger partial charge in [0.1, 0.15) is 5.76 Å². The molecule has 1 aromatic rings. The molecule has 100 valence electrons. The minimum atomic E-state index is -0.416. The van der Waals surface area contributed by atoms with Gasteiger partial charge in [0.15, 0.2) is 0 Å². The molecule has 1 aliphatic heterocycles. The molecule has 2 rings (SSSR count). The molecule has 1 aliphatic rings. The van der Waals surface area contributed by atoms with Crippen LogP contribution >= 0.6 is 0 Å². The molecule has 1 aromatic heterocycles. The fraction of sp³-hybridized carbons (Fsp3) is 0.643. The summed E-state index contributed by atoms with van der Waals surface area (Å²) in [6.45, 7) is 6.60. The van der Waals surface area contributed by atoms with E-state index >= 15 is 0 Å². The Bertz CT molecular complexity index is 405. The largest absolute Gasteiger partial charge is 0.463 e. The van der Waals surface area contributed by atoms with E-state index in [1.165, 1.54) is 20.0 Å². The van der Waals surface area contributed by atoms with E-state index < -0.39 is 5.97 Å². The number of methoxy groups -OCH3 is 1. The lowest BCUT2D eigenvalue weighted by atomic mass is 9.98. The van der Waals surface area contributed by atoms with E-state index in [9.17, 15) is 4.79 Å². The van der Waals surface area contributed by atoms with Crippen LogP contribution in [0.15, 0.2) is 16.5 Å². The molecule has 1 unspecified atom stereocenters. The molecule has 0 bridgehead atoms. The quantitative estimate of drug-likeness (QED) is 0.775. The standard InChI is InChI=1S/C14H21NO3/c1-10-6-8-15(9-7-10)11(2)12-4-5-13(18-12)14(16)17-3/h4-5,10-11H,6-9H2,1-3H3. The number of hydrogen-bond acceptors (Lipinski definition) is 4. The van der Waals surface area contributed by atoms with Crippen molar-refractivity contribution in [2.75, 3.05) is 20.2 Å². The number of likely N-dealkylation sites (tertiary alicyclic amines) is 1. The van der Waals surface area contributed by atoms with Crippen LogP contribution in [0, 0.1) is 5.92 Å². The maximum Gasteiger partial charge on any atom is 0.373 e. The van der Waals surface area contributed by atoms with Gasteiger partial charge in [-0.3, -0.25) is 4.90 Å². The predicted octanol–water partition coefficient (Wildman–Crippen LogP) is 2.86. The molecule has 2 heterocycles. The van der Waals surface area contributed by atoms with Gasteiger partial charge in [-0.25, -0.2) is 4.79 Å². The molecule has 0 aromatic carbocycles. The van der Waals surface area contributed by atoms with Crippen LogP contribution in [-0.2, 0) is 4.74 Å². The SMILES string of the molecule is COC(=O)c1ccc(C(C)N2CCC(C)CC2)o1. The van der Waals surface area contributed by atoms with Crippen LogP contribution in [0.1, 0.15) is 49.0 Å². The van der Waals surface area contributed by atoms with Crippen LogP contribution in [0.3, 0.4) is 0 Å². The van der Waals surface area contributed by atoms with Crippen molar-refractivity contribution in [3.63, 3.8) is 0 Å². The second-order valence-electron chi connectivity index (χ2n) is 5.09. The summed E-state index contributed by atoms with van der Waals surface area (Å²) < 4.78 is 10.2. The zero-order chi connectivity index (χ0) is 13.1. The van der Waals surface area contributed by atoms with Crippen molar-refractivity contribution in [1.29, 1.82) is 0 Å². The Morgan fingerprint density at radius 1 is 1.44 bits per heavy atom. The summed E-state index contributed by atoms with van der Waals surface area (Å²) in [7, 11) is 1.36. The maximum absolute atomic E-state index is 11.3. The van der Waals surface area contributed by atoms with Crippen molar-refractivity contribution in [2.24, 2.45) is 5.92 Å². The second-order valence-corrected chi connectivity index (χ2v) is 5.09. The van der Waals surface area contributed by atoms with Crippen LogP contribution in [0.5, 0.6) is 0 Å². The second kappa shape index (κ2) is 5.57. The molecule has 1 saturated heterocycles. The summed E-state index contributed by atoms with van der Waals surface area (Å²) in [6, 6.07) is 3.77. The first-order chi connectivity index (χ1) is 8.61. The lowest BCUT2D eigenvalue weighted by molar-refractivity contribution is 0.0556. The van der Waals surface area contributed by atoms with E-state index in [0.29, 0.717) is 0 Å². The molecule has 18 heavy (non-hydrogen) atoms. The third-order valence-electron chi connectivity index (χ3n) is 3.79. The maximum atomic E-state index is 11.3. The average molecular weight is 251 g/mol. The van der Waals surface area contributed by atoms with Crippen molar-refractivity contribution in [3.05, 3.63) is 23.7 Å². The van der Waals surface area contributed by atoms with Crippen molar-refractivity contribution in [3.8, 4) is 0 Å². The van der Waals surface area contributed by atoms with Gasteiger partial charge >= 0.3 is 5.97 Å². The third kappa shape index (κ3) is 2.75. The summed E-state index contributed by atoms with van der Waals surface area (Å²) in [5, 5.41) is 0. The highest BCUT2D eigenvalue weighted by Gasteiger charge is 2.24. The Morgan fingerprint density at radius 3 is 2.72 bits per heavy atom. The molecule has 0 saturated carbocycles. The first-order valence-corrected chi connectivity index (χ1v) is 6.54. The van der Waals surface area contributed by atoms with Gasteiger partial charge in [-0.15, -0.1) is 0 Å². The lowest BCUT2D eigenvalue weighted by Gasteiger charge is -2.33. The number of carbonyl (C=O) groups excluding carboxylic acids is 1. The van der Waals surface area contributed by atoms with Gasteiger partial charge in [0.2, 0.25) is 5.76 Å². The van der Waals surface area contributed by atoms with Gasteiger partial charge in [0.05, 0.1) is 13.2 Å². The Balaban J connectivity index is 2.02. The van der Waals surface area contributed by atoms with Crippen LogP contribution in [0.2, 0.25) is 0 Å². The van der Waals surface area contributed by atoms with E-state index in [1.807, 2.05) is 6.07 Å². The van der Waals surface area contributed by atoms with Crippen LogP contribution < -0.4 is 0 Å². The molecule has 0 amide bonds. The molecule has 1 fully saturated rings. The fourth-order valence-electron chi connectivity index (χ4n) is 2.38. The van der Waals surface area contributed by atoms with Crippen molar-refractivity contribution in [1.82, 2.24) is 4.90 Å². The number of esters is 1. The van der Waals surface area contributed by atoms with Gasteiger partial charge in [-0.1, -0.05) is 6.92 Å². The number of rotatable bonds is 3.